The summed E-state index contributed by atoms with van der Waals surface area (Å²) in [5.74, 6) is -3.90. The Labute approximate surface area is 162 Å². The van der Waals surface area contributed by atoms with Crippen molar-refractivity contribution in [3.8, 4) is 5.75 Å². The topological polar surface area (TPSA) is 179 Å². The number of nitrogens with one attached hydrogen (secondary N) is 1. The van der Waals surface area contributed by atoms with E-state index in [9.17, 15) is 45.0 Å². The molecule has 5 N–H and O–H groups in total. The van der Waals surface area contributed by atoms with Crippen LogP contribution in [0.15, 0.2) is 26.5 Å². The van der Waals surface area contributed by atoms with Crippen molar-refractivity contribution >= 4 is 37.5 Å². The van der Waals surface area contributed by atoms with Crippen molar-refractivity contribution in [2.24, 2.45) is 9.54 Å². The Hall–Kier alpha value is -2.85. The average Bonchev–Trinajstić information content (AvgIpc) is 2.75. The van der Waals surface area contributed by atoms with Crippen LogP contribution in [0.2, 0.25) is 0 Å². The summed E-state index contributed by atoms with van der Waals surface area (Å²) < 4.78 is 87.5. The predicted molar refractivity (Wildman–Crippen MR) is 93.9 cm³/mol. The first-order valence-electron chi connectivity index (χ1n) is 7.21. The third-order valence-electron chi connectivity index (χ3n) is 3.49. The Bertz CT molecular complexity index is 1170. The van der Waals surface area contributed by atoms with Crippen molar-refractivity contribution in [3.05, 3.63) is 33.2 Å². The van der Waals surface area contributed by atoms with Gasteiger partial charge in [-0.2, -0.15) is 21.6 Å². The molecule has 0 saturated heterocycles. The summed E-state index contributed by atoms with van der Waals surface area (Å²) in [7, 11) is -7.69. The van der Waals surface area contributed by atoms with E-state index >= 15 is 0 Å². The lowest BCUT2D eigenvalue weighted by molar-refractivity contribution is -0.138. The number of phenolic OH excluding ortho intramolecular Hbond substituents is 1. The normalized spacial score (nSPS) is 16.6. The minimum absolute atomic E-state index is 0.396. The second-order valence-corrected chi connectivity index (χ2v) is 9.10. The largest absolute Gasteiger partial charge is 0.505 e. The van der Waals surface area contributed by atoms with Gasteiger partial charge in [0.05, 0.1) is 16.8 Å². The van der Waals surface area contributed by atoms with Gasteiger partial charge in [0, 0.05) is 14.1 Å². The Morgan fingerprint density at radius 1 is 1.24 bits per heavy atom. The molecule has 0 unspecified atom stereocenters. The van der Waals surface area contributed by atoms with Crippen LogP contribution in [0.3, 0.4) is 0 Å². The summed E-state index contributed by atoms with van der Waals surface area (Å²) >= 11 is 0. The van der Waals surface area contributed by atoms with Gasteiger partial charge in [-0.25, -0.2) is 13.6 Å². The van der Waals surface area contributed by atoms with Crippen molar-refractivity contribution < 1.29 is 45.0 Å². The Morgan fingerprint density at radius 2 is 1.79 bits per heavy atom. The number of aliphatic hydroxyl groups excluding tert-OH is 1. The third-order valence-corrected chi connectivity index (χ3v) is 6.63. The van der Waals surface area contributed by atoms with Crippen molar-refractivity contribution in [2.75, 3.05) is 19.4 Å². The molecular formula is C13H13F3N4O7S2. The number of rotatable bonds is 4. The van der Waals surface area contributed by atoms with E-state index < -0.39 is 70.5 Å². The van der Waals surface area contributed by atoms with E-state index in [1.165, 1.54) is 0 Å². The fourth-order valence-electron chi connectivity index (χ4n) is 2.32. The molecule has 1 aliphatic heterocycles. The molecule has 11 nitrogen and oxygen atoms in total. The number of aliphatic hydroxyl groups is 1. The fourth-order valence-corrected chi connectivity index (χ4v) is 4.84. The van der Waals surface area contributed by atoms with Gasteiger partial charge in [-0.1, -0.05) is 0 Å². The highest BCUT2D eigenvalue weighted by Crippen LogP contribution is 2.41. The summed E-state index contributed by atoms with van der Waals surface area (Å²) in [6, 6.07) is 0.990. The number of halogens is 3. The molecule has 0 spiro atoms. The number of carbonyl (C=O) groups is 1. The number of nitrogens with two attached hydrogens (primary N) is 1. The molecule has 0 aliphatic carbocycles. The molecule has 2 rings (SSSR count). The van der Waals surface area contributed by atoms with Crippen LogP contribution in [0, 0.1) is 0 Å². The van der Waals surface area contributed by atoms with E-state index in [2.05, 4.69) is 4.40 Å². The highest BCUT2D eigenvalue weighted by atomic mass is 32.3. The molecule has 0 bridgehead atoms. The van der Waals surface area contributed by atoms with E-state index in [0.717, 1.165) is 19.0 Å². The number of phenols is 1. The maximum atomic E-state index is 13.2. The molecule has 0 aromatic heterocycles. The zero-order valence-corrected chi connectivity index (χ0v) is 16.1. The summed E-state index contributed by atoms with van der Waals surface area (Å²) in [5.41, 5.74) is -4.52. The Kier molecular flexibility index (Phi) is 5.33. The zero-order chi connectivity index (χ0) is 22.5. The van der Waals surface area contributed by atoms with Crippen molar-refractivity contribution in [1.29, 1.82) is 0 Å². The van der Waals surface area contributed by atoms with E-state index in [1.54, 1.807) is 0 Å². The van der Waals surface area contributed by atoms with Gasteiger partial charge in [-0.05, 0) is 12.1 Å². The van der Waals surface area contributed by atoms with E-state index in [4.69, 9.17) is 5.14 Å². The number of nitrogens with zero attached hydrogens (tertiary/aromatic N) is 2. The number of sulfonamides is 2. The maximum absolute atomic E-state index is 13.2. The second-order valence-electron chi connectivity index (χ2n) is 5.80. The van der Waals surface area contributed by atoms with Crippen molar-refractivity contribution in [1.82, 2.24) is 4.90 Å². The Balaban J connectivity index is 2.77. The molecule has 1 amide bonds. The molecule has 0 fully saturated rings. The maximum Gasteiger partial charge on any atom is 0.417 e. The number of alkyl halides is 3. The van der Waals surface area contributed by atoms with Gasteiger partial charge < -0.3 is 20.4 Å². The number of carbonyl (C=O) groups excluding carboxylic acids is 1. The quantitative estimate of drug-likeness (QED) is 0.465. The van der Waals surface area contributed by atoms with Crippen LogP contribution in [0.5, 0.6) is 5.75 Å². The SMILES string of the molecule is CN(C)C(=O)c1c(C(F)(F)F)ccc(NC2=C(S(N)(=O)=O)S(=O)(=O)N=C2O)c1O. The number of benzene rings is 1. The smallest absolute Gasteiger partial charge is 0.417 e. The number of amides is 1. The van der Waals surface area contributed by atoms with Crippen LogP contribution in [0.25, 0.3) is 0 Å². The zero-order valence-electron chi connectivity index (χ0n) is 14.5. The van der Waals surface area contributed by atoms with Gasteiger partial charge in [-0.3, -0.25) is 4.79 Å². The number of aromatic hydroxyl groups is 1. The second kappa shape index (κ2) is 6.89. The van der Waals surface area contributed by atoms with Gasteiger partial charge in [0.2, 0.25) is 10.1 Å². The number of hydrogen-bond donors (Lipinski definition) is 4. The molecule has 1 heterocycles. The molecule has 1 aliphatic rings. The van der Waals surface area contributed by atoms with Gasteiger partial charge in [0.1, 0.15) is 5.70 Å². The molecule has 0 atom stereocenters. The molecule has 29 heavy (non-hydrogen) atoms. The molecule has 16 heteroatoms. The lowest BCUT2D eigenvalue weighted by Crippen LogP contribution is -2.26. The van der Waals surface area contributed by atoms with E-state index in [1.807, 2.05) is 5.32 Å². The fraction of sp³-hybridized carbons (Fsp3) is 0.231. The van der Waals surface area contributed by atoms with Gasteiger partial charge in [0.15, 0.2) is 5.75 Å². The Morgan fingerprint density at radius 3 is 2.24 bits per heavy atom. The number of primary sulfonamides is 1. The van der Waals surface area contributed by atoms with Crippen LogP contribution >= 0.6 is 0 Å². The van der Waals surface area contributed by atoms with Crippen LogP contribution < -0.4 is 10.5 Å². The summed E-state index contributed by atoms with van der Waals surface area (Å²) in [4.78, 5) is 12.9. The molecule has 0 radical (unpaired) electrons. The lowest BCUT2D eigenvalue weighted by atomic mass is 10.0. The highest BCUT2D eigenvalue weighted by molar-refractivity contribution is 8.13. The predicted octanol–water partition coefficient (Wildman–Crippen LogP) is 0.282. The van der Waals surface area contributed by atoms with Crippen molar-refractivity contribution in [2.45, 2.75) is 6.18 Å². The molecule has 0 saturated carbocycles. The third kappa shape index (κ3) is 4.13. The molecule has 160 valence electrons. The van der Waals surface area contributed by atoms with Gasteiger partial charge in [-0.15, -0.1) is 4.40 Å². The minimum atomic E-state index is -5.04. The average molecular weight is 458 g/mol. The van der Waals surface area contributed by atoms with E-state index in [0.29, 0.717) is 12.1 Å². The van der Waals surface area contributed by atoms with Gasteiger partial charge >= 0.3 is 6.18 Å². The van der Waals surface area contributed by atoms with Gasteiger partial charge in [0.25, 0.3) is 26.0 Å². The van der Waals surface area contributed by atoms with Crippen LogP contribution in [-0.4, -0.2) is 57.8 Å². The first-order chi connectivity index (χ1) is 13.0. The monoisotopic (exact) mass is 458 g/mol. The van der Waals surface area contributed by atoms with Crippen LogP contribution in [0.4, 0.5) is 18.9 Å². The van der Waals surface area contributed by atoms with Crippen LogP contribution in [-0.2, 0) is 26.2 Å². The summed E-state index contributed by atoms with van der Waals surface area (Å²) in [6.45, 7) is 0. The highest BCUT2D eigenvalue weighted by Gasteiger charge is 2.42. The first kappa shape index (κ1) is 22.4. The lowest BCUT2D eigenvalue weighted by Gasteiger charge is -2.19. The first-order valence-corrected chi connectivity index (χ1v) is 10.2. The molecular weight excluding hydrogens is 445 g/mol. The molecule has 1 aromatic carbocycles. The standard InChI is InChI=1S/C13H13F3N4O7S2/c1-20(2)11(23)7-5(13(14,15)16)3-4-6(9(7)21)18-8-10(22)19-29(26,27)12(8)28(17,24)25/h3-4,18,21H,1-2H3,(H,19,22)(H2,17,24,25). The minimum Gasteiger partial charge on any atom is -0.505 e. The number of anilines is 1. The van der Waals surface area contributed by atoms with E-state index in [-0.39, 0.29) is 0 Å². The molecule has 1 aromatic rings. The van der Waals surface area contributed by atoms with Crippen molar-refractivity contribution in [3.63, 3.8) is 0 Å². The summed E-state index contributed by atoms with van der Waals surface area (Å²) in [6.07, 6.45) is -5.04. The van der Waals surface area contributed by atoms with Crippen LogP contribution in [0.1, 0.15) is 15.9 Å². The number of hydrogen-bond acceptors (Lipinski definition) is 7. The summed E-state index contributed by atoms with van der Waals surface area (Å²) in [5, 5.41) is 26.6.